The molecule has 2 heteroatoms. The lowest BCUT2D eigenvalue weighted by Crippen LogP contribution is -2.03. The number of rotatable bonds is 2. The van der Waals surface area contributed by atoms with Crippen LogP contribution in [0.2, 0.25) is 0 Å². The first-order chi connectivity index (χ1) is 6.18. The fourth-order valence-electron chi connectivity index (χ4n) is 1.84. The van der Waals surface area contributed by atoms with Crippen molar-refractivity contribution in [2.75, 3.05) is 0 Å². The maximum Gasteiger partial charge on any atom is 0.0546 e. The number of aliphatic hydroxyl groups is 1. The lowest BCUT2D eigenvalue weighted by molar-refractivity contribution is 0.169. The molecule has 1 aromatic carbocycles. The van der Waals surface area contributed by atoms with Crippen molar-refractivity contribution in [2.24, 2.45) is 5.92 Å². The van der Waals surface area contributed by atoms with E-state index in [1.165, 1.54) is 5.56 Å². The average Bonchev–Trinajstić information content (AvgIpc) is 2.85. The van der Waals surface area contributed by atoms with E-state index < -0.39 is 0 Å². The second-order valence-electron chi connectivity index (χ2n) is 3.80. The van der Waals surface area contributed by atoms with Gasteiger partial charge in [0.2, 0.25) is 0 Å². The summed E-state index contributed by atoms with van der Waals surface area (Å²) in [5.41, 5.74) is 1.36. The third kappa shape index (κ3) is 1.94. The highest BCUT2D eigenvalue weighted by atomic mass is 79.9. The Morgan fingerprint density at radius 3 is 2.46 bits per heavy atom. The van der Waals surface area contributed by atoms with Gasteiger partial charge in [0, 0.05) is 4.47 Å². The third-order valence-corrected chi connectivity index (χ3v) is 3.29. The summed E-state index contributed by atoms with van der Waals surface area (Å²) in [6.07, 6.45) is 0.980. The van der Waals surface area contributed by atoms with Crippen LogP contribution in [0.5, 0.6) is 0 Å². The van der Waals surface area contributed by atoms with Crippen LogP contribution in [0, 0.1) is 5.92 Å². The Labute approximate surface area is 86.9 Å². The Kier molecular flexibility index (Phi) is 2.43. The largest absolute Gasteiger partial charge is 0.393 e. The van der Waals surface area contributed by atoms with Gasteiger partial charge < -0.3 is 5.11 Å². The van der Waals surface area contributed by atoms with Gasteiger partial charge in [-0.1, -0.05) is 28.1 Å². The fraction of sp³-hybridized carbons (Fsp3) is 0.455. The van der Waals surface area contributed by atoms with Gasteiger partial charge in [-0.05, 0) is 42.9 Å². The minimum absolute atomic E-state index is 0.159. The zero-order valence-corrected chi connectivity index (χ0v) is 9.16. The van der Waals surface area contributed by atoms with E-state index in [9.17, 15) is 5.11 Å². The highest BCUT2D eigenvalue weighted by Crippen LogP contribution is 2.49. The number of aliphatic hydroxyl groups excluding tert-OH is 1. The summed E-state index contributed by atoms with van der Waals surface area (Å²) in [5, 5.41) is 9.37. The molecule has 0 saturated heterocycles. The summed E-state index contributed by atoms with van der Waals surface area (Å²) in [5.74, 6) is 1.08. The van der Waals surface area contributed by atoms with Gasteiger partial charge in [0.05, 0.1) is 6.10 Å². The molecule has 0 aromatic heterocycles. The van der Waals surface area contributed by atoms with Gasteiger partial charge in [-0.3, -0.25) is 0 Å². The number of hydrogen-bond acceptors (Lipinski definition) is 1. The predicted octanol–water partition coefficient (Wildman–Crippen LogP) is 2.93. The summed E-state index contributed by atoms with van der Waals surface area (Å²) in [4.78, 5) is 0. The monoisotopic (exact) mass is 240 g/mol. The minimum atomic E-state index is -0.159. The molecule has 0 heterocycles. The van der Waals surface area contributed by atoms with Crippen LogP contribution >= 0.6 is 15.9 Å². The van der Waals surface area contributed by atoms with Crippen molar-refractivity contribution in [3.63, 3.8) is 0 Å². The Morgan fingerprint density at radius 1 is 1.38 bits per heavy atom. The predicted molar refractivity (Wildman–Crippen MR) is 56.7 cm³/mol. The van der Waals surface area contributed by atoms with Crippen LogP contribution < -0.4 is 0 Å². The van der Waals surface area contributed by atoms with Crippen molar-refractivity contribution < 1.29 is 5.11 Å². The van der Waals surface area contributed by atoms with E-state index in [4.69, 9.17) is 0 Å². The van der Waals surface area contributed by atoms with Crippen LogP contribution in [0.4, 0.5) is 0 Å². The summed E-state index contributed by atoms with van der Waals surface area (Å²) in [6.45, 7) is 1.88. The Bertz CT molecular complexity index is 291. The molecule has 1 aliphatic carbocycles. The van der Waals surface area contributed by atoms with Crippen LogP contribution in [-0.2, 0) is 0 Å². The Hall–Kier alpha value is -0.340. The SMILES string of the molecule is C[C@@H](O)[C@@H]1C[C@@H]1c1ccc(Br)cc1. The molecule has 0 aliphatic heterocycles. The summed E-state index contributed by atoms with van der Waals surface area (Å²) < 4.78 is 1.12. The summed E-state index contributed by atoms with van der Waals surface area (Å²) >= 11 is 3.41. The molecule has 13 heavy (non-hydrogen) atoms. The first kappa shape index (κ1) is 9.22. The first-order valence-corrected chi connectivity index (χ1v) is 5.41. The molecule has 0 spiro atoms. The van der Waals surface area contributed by atoms with Gasteiger partial charge in [-0.15, -0.1) is 0 Å². The molecule has 1 saturated carbocycles. The fourth-order valence-corrected chi connectivity index (χ4v) is 2.11. The van der Waals surface area contributed by atoms with Crippen molar-refractivity contribution in [1.29, 1.82) is 0 Å². The van der Waals surface area contributed by atoms with Crippen LogP contribution in [-0.4, -0.2) is 11.2 Å². The van der Waals surface area contributed by atoms with E-state index >= 15 is 0 Å². The molecule has 1 N–H and O–H groups in total. The molecule has 1 fully saturated rings. The molecular formula is C11H13BrO. The molecule has 0 bridgehead atoms. The molecule has 1 nitrogen and oxygen atoms in total. The minimum Gasteiger partial charge on any atom is -0.393 e. The van der Waals surface area contributed by atoms with E-state index in [2.05, 4.69) is 40.2 Å². The summed E-state index contributed by atoms with van der Waals surface area (Å²) in [7, 11) is 0. The van der Waals surface area contributed by atoms with Crippen LogP contribution in [0.3, 0.4) is 0 Å². The average molecular weight is 241 g/mol. The lowest BCUT2D eigenvalue weighted by Gasteiger charge is -2.02. The van der Waals surface area contributed by atoms with Gasteiger partial charge in [0.1, 0.15) is 0 Å². The summed E-state index contributed by atoms with van der Waals surface area (Å²) in [6, 6.07) is 8.40. The van der Waals surface area contributed by atoms with Crippen molar-refractivity contribution >= 4 is 15.9 Å². The normalized spacial score (nSPS) is 28.5. The number of benzene rings is 1. The maximum atomic E-state index is 9.37. The van der Waals surface area contributed by atoms with E-state index in [1.54, 1.807) is 0 Å². The molecule has 3 atom stereocenters. The molecule has 1 aliphatic rings. The topological polar surface area (TPSA) is 20.2 Å². The maximum absolute atomic E-state index is 9.37. The van der Waals surface area contributed by atoms with Crippen molar-refractivity contribution in [3.8, 4) is 0 Å². The molecule has 0 radical (unpaired) electrons. The quantitative estimate of drug-likeness (QED) is 0.843. The first-order valence-electron chi connectivity index (χ1n) is 4.62. The van der Waals surface area contributed by atoms with Crippen molar-refractivity contribution in [2.45, 2.75) is 25.4 Å². The van der Waals surface area contributed by atoms with Gasteiger partial charge in [0.25, 0.3) is 0 Å². The van der Waals surface area contributed by atoms with E-state index in [-0.39, 0.29) is 6.10 Å². The van der Waals surface area contributed by atoms with Crippen molar-refractivity contribution in [1.82, 2.24) is 0 Å². The second kappa shape index (κ2) is 3.43. The van der Waals surface area contributed by atoms with Gasteiger partial charge in [-0.2, -0.15) is 0 Å². The lowest BCUT2D eigenvalue weighted by atomic mass is 10.1. The third-order valence-electron chi connectivity index (χ3n) is 2.76. The Balaban J connectivity index is 2.08. The molecule has 70 valence electrons. The molecular weight excluding hydrogens is 228 g/mol. The van der Waals surface area contributed by atoms with Gasteiger partial charge >= 0.3 is 0 Å². The van der Waals surface area contributed by atoms with Gasteiger partial charge in [0.15, 0.2) is 0 Å². The van der Waals surface area contributed by atoms with Gasteiger partial charge in [-0.25, -0.2) is 0 Å². The Morgan fingerprint density at radius 2 is 2.00 bits per heavy atom. The number of halogens is 1. The highest BCUT2D eigenvalue weighted by Gasteiger charge is 2.41. The van der Waals surface area contributed by atoms with Crippen LogP contribution in [0.1, 0.15) is 24.8 Å². The second-order valence-corrected chi connectivity index (χ2v) is 4.71. The van der Waals surface area contributed by atoms with E-state index in [1.807, 2.05) is 6.92 Å². The zero-order chi connectivity index (χ0) is 9.42. The van der Waals surface area contributed by atoms with E-state index in [0.717, 1.165) is 10.9 Å². The smallest absolute Gasteiger partial charge is 0.0546 e. The van der Waals surface area contributed by atoms with Crippen LogP contribution in [0.25, 0.3) is 0 Å². The highest BCUT2D eigenvalue weighted by molar-refractivity contribution is 9.10. The molecule has 2 rings (SSSR count). The standard InChI is InChI=1S/C11H13BrO/c1-7(13)10-6-11(10)8-2-4-9(12)5-3-8/h2-5,7,10-11,13H,6H2,1H3/t7-,10+,11-/m1/s1. The van der Waals surface area contributed by atoms with Crippen molar-refractivity contribution in [3.05, 3.63) is 34.3 Å². The molecule has 0 unspecified atom stereocenters. The zero-order valence-electron chi connectivity index (χ0n) is 7.57. The number of hydrogen-bond donors (Lipinski definition) is 1. The van der Waals surface area contributed by atoms with Crippen LogP contribution in [0.15, 0.2) is 28.7 Å². The molecule has 1 aromatic rings. The van der Waals surface area contributed by atoms with E-state index in [0.29, 0.717) is 11.8 Å². The molecule has 0 amide bonds.